The molecule has 1 unspecified atom stereocenters. The Morgan fingerprint density at radius 3 is 2.57 bits per heavy atom. The highest BCUT2D eigenvalue weighted by Gasteiger charge is 2.51. The van der Waals surface area contributed by atoms with Crippen LogP contribution in [0.4, 0.5) is 0 Å². The van der Waals surface area contributed by atoms with Crippen LogP contribution >= 0.6 is 0 Å². The van der Waals surface area contributed by atoms with Crippen LogP contribution in [-0.2, 0) is 39.8 Å². The number of pyridine rings is 1. The quantitative estimate of drug-likeness (QED) is 0.313. The Labute approximate surface area is 253 Å². The first kappa shape index (κ1) is 9.24. The van der Waals surface area contributed by atoms with Gasteiger partial charge in [-0.05, 0) is 81.6 Å². The lowest BCUT2D eigenvalue weighted by atomic mass is 9.73. The van der Waals surface area contributed by atoms with Crippen molar-refractivity contribution >= 4 is 17.5 Å². The minimum absolute atomic E-state index is 0.0654. The third kappa shape index (κ3) is 5.15. The minimum Gasteiger partial charge on any atom is -0.458 e. The summed E-state index contributed by atoms with van der Waals surface area (Å²) >= 11 is 0. The summed E-state index contributed by atoms with van der Waals surface area (Å²) in [5.74, 6) is -9.24. The molecular weight excluding hydrogens is 466 g/mol. The van der Waals surface area contributed by atoms with Crippen molar-refractivity contribution in [1.82, 2.24) is 24.6 Å². The van der Waals surface area contributed by atoms with Crippen LogP contribution < -0.4 is 0 Å². The molecule has 5 rings (SSSR count). The number of aryl methyl sites for hydroxylation is 4. The molecule has 2 aliphatic rings. The van der Waals surface area contributed by atoms with Gasteiger partial charge in [-0.25, -0.2) is 9.50 Å². The van der Waals surface area contributed by atoms with Gasteiger partial charge in [0.1, 0.15) is 11.5 Å². The van der Waals surface area contributed by atoms with Gasteiger partial charge in [0.05, 0.1) is 4.11 Å². The Balaban J connectivity index is 1.72. The number of ether oxygens (including phenoxy) is 1. The van der Waals surface area contributed by atoms with Crippen LogP contribution in [0.15, 0.2) is 18.1 Å². The minimum atomic E-state index is -4.02. The summed E-state index contributed by atoms with van der Waals surface area (Å²) in [6.07, 6.45) is -19.8. The zero-order chi connectivity index (χ0) is 47.7. The van der Waals surface area contributed by atoms with E-state index in [9.17, 15) is 15.1 Å². The molecule has 1 saturated heterocycles. The second kappa shape index (κ2) is 10.3. The number of esters is 1. The van der Waals surface area contributed by atoms with E-state index in [1.165, 1.54) is 0 Å². The number of rotatable bonds is 8. The molecule has 1 aliphatic carbocycles. The molecule has 37 heavy (non-hydrogen) atoms. The number of fused-ring (bicyclic) bond motifs is 1. The van der Waals surface area contributed by atoms with Gasteiger partial charge in [-0.1, -0.05) is 26.5 Å². The van der Waals surface area contributed by atoms with E-state index in [0.717, 1.165) is 0 Å². The van der Waals surface area contributed by atoms with Crippen LogP contribution in [0.1, 0.15) is 121 Å². The number of Topliss-reactive ketones (excluding diaryl/α,β-unsaturated/α-hetero) is 1. The molecule has 3 aromatic rings. The summed E-state index contributed by atoms with van der Waals surface area (Å²) in [5, 5.41) is 3.75. The second-order valence-corrected chi connectivity index (χ2v) is 8.53. The van der Waals surface area contributed by atoms with Gasteiger partial charge in [-0.2, -0.15) is 4.98 Å². The molecule has 4 heterocycles. The maximum Gasteiger partial charge on any atom is 0.317 e. The molecule has 0 amide bonds. The number of carbonyl (C=O) groups excluding carboxylic acids is 2. The molecular formula is C29H37N5O3. The molecule has 8 heteroatoms. The maximum atomic E-state index is 14.3. The van der Waals surface area contributed by atoms with Crippen molar-refractivity contribution < 1.29 is 48.6 Å². The summed E-state index contributed by atoms with van der Waals surface area (Å²) in [6.45, 7) is -14.0. The number of hydrogen-bond donors (Lipinski definition) is 0. The topological polar surface area (TPSA) is 99.3 Å². The van der Waals surface area contributed by atoms with Crippen molar-refractivity contribution in [1.29, 1.82) is 0 Å². The number of hydrogen-bond acceptors (Lipinski definition) is 7. The Kier molecular flexibility index (Phi) is 2.57. The Morgan fingerprint density at radius 2 is 1.89 bits per heavy atom. The lowest BCUT2D eigenvalue weighted by Gasteiger charge is -2.43. The fourth-order valence-corrected chi connectivity index (χ4v) is 4.49. The summed E-state index contributed by atoms with van der Waals surface area (Å²) < 4.78 is 213. The van der Waals surface area contributed by atoms with Crippen LogP contribution in [0.2, 0.25) is 0 Å². The Morgan fingerprint density at radius 1 is 1.11 bits per heavy atom. The van der Waals surface area contributed by atoms with Gasteiger partial charge in [0.25, 0.3) is 5.78 Å². The first-order valence-electron chi connectivity index (χ1n) is 23.7. The zero-order valence-electron chi connectivity index (χ0n) is 44.2. The summed E-state index contributed by atoms with van der Waals surface area (Å²) in [5.41, 5.74) is -9.90. The van der Waals surface area contributed by atoms with Crippen molar-refractivity contribution in [3.8, 4) is 0 Å². The normalized spacial score (nSPS) is 35.9. The predicted octanol–water partition coefficient (Wildman–Crippen LogP) is 4.50. The average Bonchev–Trinajstić information content (AvgIpc) is 3.76. The average molecular weight is 529 g/mol. The molecule has 0 spiro atoms. The van der Waals surface area contributed by atoms with E-state index < -0.39 is 153 Å². The Hall–Kier alpha value is -3.16. The van der Waals surface area contributed by atoms with E-state index in [-0.39, 0.29) is 25.7 Å². The lowest BCUT2D eigenvalue weighted by Crippen LogP contribution is -2.52. The number of carbonyl (C=O) groups is 2. The largest absolute Gasteiger partial charge is 0.458 e. The highest BCUT2D eigenvalue weighted by Crippen LogP contribution is 2.45. The van der Waals surface area contributed by atoms with Crippen molar-refractivity contribution in [2.45, 2.75) is 97.0 Å². The van der Waals surface area contributed by atoms with Gasteiger partial charge >= 0.3 is 5.97 Å². The number of ketones is 1. The molecule has 0 radical (unpaired) electrons. The summed E-state index contributed by atoms with van der Waals surface area (Å²) in [7, 11) is 0. The second-order valence-electron chi connectivity index (χ2n) is 8.53. The van der Waals surface area contributed by atoms with Gasteiger partial charge in [-0.3, -0.25) is 14.6 Å². The number of aromatic nitrogens is 5. The van der Waals surface area contributed by atoms with Crippen molar-refractivity contribution in [3.05, 3.63) is 52.3 Å². The lowest BCUT2D eigenvalue weighted by molar-refractivity contribution is -0.185. The molecule has 3 aromatic heterocycles. The predicted molar refractivity (Wildman–Crippen MR) is 139 cm³/mol. The molecule has 1 saturated carbocycles. The molecule has 196 valence electrons. The molecule has 0 N–H and O–H groups in total. The van der Waals surface area contributed by atoms with Gasteiger partial charge in [-0.15, -0.1) is 5.10 Å². The third-order valence-electron chi connectivity index (χ3n) is 6.16. The van der Waals surface area contributed by atoms with E-state index in [4.69, 9.17) is 33.5 Å². The van der Waals surface area contributed by atoms with Gasteiger partial charge in [0, 0.05) is 65.7 Å². The van der Waals surface area contributed by atoms with Gasteiger partial charge in [0.15, 0.2) is 11.6 Å². The molecule has 1 aliphatic heterocycles. The zero-order valence-corrected chi connectivity index (χ0v) is 19.2. The van der Waals surface area contributed by atoms with E-state index >= 15 is 0 Å². The van der Waals surface area contributed by atoms with Crippen molar-refractivity contribution in [2.24, 2.45) is 11.8 Å². The molecule has 0 bridgehead atoms. The summed E-state index contributed by atoms with van der Waals surface area (Å²) in [4.78, 5) is 39.4. The molecule has 0 aromatic carbocycles. The fourth-order valence-electron chi connectivity index (χ4n) is 4.49. The van der Waals surface area contributed by atoms with E-state index in [1.54, 1.807) is 0 Å². The SMILES string of the molecule is [2H]c1c(C([2H])([2H])C([2H])([2H])[2H])nc(C([2H])([2H])C([2H])([2H])[2H])c([2H])c1C([2H])([2H])C([2H])([2H])[C@]1(C2CCCC2)CC(=O)C(C([2H])([2H])c2nc3nc(C([2H])([2H])[2H])c([2H])c(C([2H])([2H])[2H])n3n2)C(=O)O1. The molecule has 2 atom stereocenters. The highest BCUT2D eigenvalue weighted by molar-refractivity contribution is 6.01. The smallest absolute Gasteiger partial charge is 0.317 e. The third-order valence-corrected chi connectivity index (χ3v) is 6.16. The van der Waals surface area contributed by atoms with E-state index in [1.807, 2.05) is 0 Å². The van der Waals surface area contributed by atoms with Crippen LogP contribution in [0.5, 0.6) is 0 Å². The van der Waals surface area contributed by atoms with Crippen molar-refractivity contribution in [3.63, 3.8) is 0 Å². The first-order chi connectivity index (χ1) is 27.6. The number of nitrogens with zero attached hydrogens (tertiary/aromatic N) is 5. The standard InChI is InChI=1S/C29H37N5O3/c1-5-22-14-20(15-23(6-2)31-22)11-12-29(21-9-7-8-10-21)17-25(35)24(27(36)37-29)16-26-32-28-30-18(3)13-19(4)34(28)33-26/h13-15,21,24H,5-12,16-17H2,1-4H3/t24?,29-/m1/s1/i1D3,2D3,3D3,4D3,5D2,6D2,11D2,12D2,13D,14D,15D,16D2. The summed E-state index contributed by atoms with van der Waals surface area (Å²) in [6, 6.07) is -4.32. The molecule has 2 fully saturated rings. The molecule has 8 nitrogen and oxygen atoms in total. The fraction of sp³-hybridized carbons (Fsp3) is 0.586. The highest BCUT2D eigenvalue weighted by atomic mass is 16.6. The van der Waals surface area contributed by atoms with Crippen LogP contribution in [-0.4, -0.2) is 41.9 Å². The van der Waals surface area contributed by atoms with Gasteiger partial charge < -0.3 is 4.74 Å². The first-order valence-corrected chi connectivity index (χ1v) is 11.2. The van der Waals surface area contributed by atoms with Crippen molar-refractivity contribution in [2.75, 3.05) is 0 Å². The van der Waals surface area contributed by atoms with E-state index in [0.29, 0.717) is 4.52 Å². The van der Waals surface area contributed by atoms with Crippen LogP contribution in [0.25, 0.3) is 5.78 Å². The van der Waals surface area contributed by atoms with Crippen LogP contribution in [0, 0.1) is 25.5 Å². The maximum absolute atomic E-state index is 14.3. The number of cyclic esters (lactones) is 1. The monoisotopic (exact) mass is 528 g/mol. The van der Waals surface area contributed by atoms with Crippen LogP contribution in [0.3, 0.4) is 0 Å². The van der Waals surface area contributed by atoms with Gasteiger partial charge in [0.2, 0.25) is 0 Å². The Bertz CT molecular complexity index is 2230. The van der Waals surface area contributed by atoms with E-state index in [2.05, 4.69) is 20.1 Å².